The Morgan fingerprint density at radius 3 is 2.86 bits per heavy atom. The van der Waals surface area contributed by atoms with E-state index in [9.17, 15) is 0 Å². The largest absolute Gasteiger partial charge is 0.382 e. The maximum atomic E-state index is 5.62. The third-order valence-electron chi connectivity index (χ3n) is 2.69. The molecule has 0 aromatic rings. The van der Waals surface area contributed by atoms with E-state index >= 15 is 0 Å². The first-order chi connectivity index (χ1) is 6.86. The minimum absolute atomic E-state index is 0.686. The second-order valence-corrected chi connectivity index (χ2v) is 3.80. The van der Waals surface area contributed by atoms with Gasteiger partial charge in [0.25, 0.3) is 0 Å². The van der Waals surface area contributed by atoms with Crippen molar-refractivity contribution in [3.8, 4) is 0 Å². The van der Waals surface area contributed by atoms with Crippen molar-refractivity contribution in [1.29, 1.82) is 0 Å². The number of rotatable bonds is 7. The zero-order valence-electron chi connectivity index (χ0n) is 9.08. The Kier molecular flexibility index (Phi) is 6.10. The van der Waals surface area contributed by atoms with E-state index in [2.05, 4.69) is 4.90 Å². The Labute approximate surface area is 86.3 Å². The normalized spacial score (nSPS) is 23.1. The molecule has 1 aliphatic rings. The van der Waals surface area contributed by atoms with Crippen LogP contribution in [0.3, 0.4) is 0 Å². The minimum atomic E-state index is 0.686. The number of nitrogens with two attached hydrogens (primary N) is 1. The van der Waals surface area contributed by atoms with Crippen LogP contribution in [0.4, 0.5) is 0 Å². The molecule has 0 amide bonds. The van der Waals surface area contributed by atoms with Gasteiger partial charge >= 0.3 is 0 Å². The summed E-state index contributed by atoms with van der Waals surface area (Å²) < 4.78 is 10.3. The predicted octanol–water partition coefficient (Wildman–Crippen LogP) is -0.0700. The summed E-state index contributed by atoms with van der Waals surface area (Å²) >= 11 is 0. The van der Waals surface area contributed by atoms with Gasteiger partial charge in [0.1, 0.15) is 0 Å². The topological polar surface area (TPSA) is 47.7 Å². The molecule has 1 atom stereocenters. The zero-order valence-corrected chi connectivity index (χ0v) is 9.08. The summed E-state index contributed by atoms with van der Waals surface area (Å²) in [6.45, 7) is 6.36. The molecule has 1 rings (SSSR count). The number of hydrogen-bond acceptors (Lipinski definition) is 4. The number of methoxy groups -OCH3 is 1. The molecular formula is C10H22N2O2. The maximum Gasteiger partial charge on any atom is 0.0700 e. The fraction of sp³-hybridized carbons (Fsp3) is 1.00. The van der Waals surface area contributed by atoms with Gasteiger partial charge in [-0.25, -0.2) is 0 Å². The molecule has 1 heterocycles. The van der Waals surface area contributed by atoms with Gasteiger partial charge in [-0.1, -0.05) is 0 Å². The molecule has 2 N–H and O–H groups in total. The van der Waals surface area contributed by atoms with E-state index in [0.717, 1.165) is 26.2 Å². The van der Waals surface area contributed by atoms with Gasteiger partial charge in [-0.05, 0) is 25.4 Å². The van der Waals surface area contributed by atoms with Crippen LogP contribution in [0.25, 0.3) is 0 Å². The molecule has 1 aliphatic heterocycles. The lowest BCUT2D eigenvalue weighted by Crippen LogP contribution is -2.27. The van der Waals surface area contributed by atoms with Crippen molar-refractivity contribution in [2.45, 2.75) is 6.42 Å². The highest BCUT2D eigenvalue weighted by atomic mass is 16.5. The van der Waals surface area contributed by atoms with Gasteiger partial charge in [-0.2, -0.15) is 0 Å². The molecule has 0 spiro atoms. The van der Waals surface area contributed by atoms with Crippen molar-refractivity contribution in [3.05, 3.63) is 0 Å². The minimum Gasteiger partial charge on any atom is -0.382 e. The second-order valence-electron chi connectivity index (χ2n) is 3.80. The summed E-state index contributed by atoms with van der Waals surface area (Å²) in [5, 5.41) is 0. The van der Waals surface area contributed by atoms with Crippen LogP contribution in [0.2, 0.25) is 0 Å². The van der Waals surface area contributed by atoms with Gasteiger partial charge in [-0.3, -0.25) is 0 Å². The standard InChI is InChI=1S/C10H22N2O2/c1-13-6-7-14-5-4-12-3-2-10(8-11)9-12/h10H,2-9,11H2,1H3. The molecule has 1 saturated heterocycles. The van der Waals surface area contributed by atoms with Crippen molar-refractivity contribution in [1.82, 2.24) is 4.90 Å². The fourth-order valence-corrected chi connectivity index (χ4v) is 1.75. The second kappa shape index (κ2) is 7.17. The van der Waals surface area contributed by atoms with Gasteiger partial charge in [0.15, 0.2) is 0 Å². The number of hydrogen-bond donors (Lipinski definition) is 1. The Morgan fingerprint density at radius 2 is 2.21 bits per heavy atom. The van der Waals surface area contributed by atoms with Crippen molar-refractivity contribution >= 4 is 0 Å². The molecule has 0 aromatic carbocycles. The van der Waals surface area contributed by atoms with Crippen LogP contribution >= 0.6 is 0 Å². The quantitative estimate of drug-likeness (QED) is 0.587. The molecule has 1 fully saturated rings. The van der Waals surface area contributed by atoms with E-state index in [-0.39, 0.29) is 0 Å². The van der Waals surface area contributed by atoms with Gasteiger partial charge < -0.3 is 20.1 Å². The molecule has 0 aromatic heterocycles. The van der Waals surface area contributed by atoms with Gasteiger partial charge in [0.05, 0.1) is 19.8 Å². The van der Waals surface area contributed by atoms with E-state index in [0.29, 0.717) is 19.1 Å². The third kappa shape index (κ3) is 4.37. The lowest BCUT2D eigenvalue weighted by atomic mass is 10.1. The van der Waals surface area contributed by atoms with E-state index in [1.54, 1.807) is 7.11 Å². The average Bonchev–Trinajstić information content (AvgIpc) is 2.65. The molecule has 4 nitrogen and oxygen atoms in total. The van der Waals surface area contributed by atoms with Crippen LogP contribution < -0.4 is 5.73 Å². The van der Waals surface area contributed by atoms with Gasteiger partial charge in [0, 0.05) is 20.2 Å². The summed E-state index contributed by atoms with van der Waals surface area (Å²) in [7, 11) is 1.69. The van der Waals surface area contributed by atoms with Crippen molar-refractivity contribution < 1.29 is 9.47 Å². The first-order valence-corrected chi connectivity index (χ1v) is 5.36. The Morgan fingerprint density at radius 1 is 1.36 bits per heavy atom. The van der Waals surface area contributed by atoms with Crippen LogP contribution in [0.15, 0.2) is 0 Å². The van der Waals surface area contributed by atoms with Crippen molar-refractivity contribution in [2.75, 3.05) is 53.1 Å². The summed E-state index contributed by atoms with van der Waals surface area (Å²) in [5.41, 5.74) is 5.62. The summed E-state index contributed by atoms with van der Waals surface area (Å²) in [4.78, 5) is 2.42. The van der Waals surface area contributed by atoms with Crippen LogP contribution in [0.5, 0.6) is 0 Å². The summed E-state index contributed by atoms with van der Waals surface area (Å²) in [6, 6.07) is 0. The van der Waals surface area contributed by atoms with Crippen LogP contribution in [-0.4, -0.2) is 58.0 Å². The lowest BCUT2D eigenvalue weighted by Gasteiger charge is -2.15. The summed E-state index contributed by atoms with van der Waals surface area (Å²) in [6.07, 6.45) is 1.24. The van der Waals surface area contributed by atoms with Crippen molar-refractivity contribution in [3.63, 3.8) is 0 Å². The molecule has 14 heavy (non-hydrogen) atoms. The van der Waals surface area contributed by atoms with E-state index in [4.69, 9.17) is 15.2 Å². The third-order valence-corrected chi connectivity index (χ3v) is 2.69. The molecule has 0 radical (unpaired) electrons. The van der Waals surface area contributed by atoms with E-state index < -0.39 is 0 Å². The lowest BCUT2D eigenvalue weighted by molar-refractivity contribution is 0.0599. The maximum absolute atomic E-state index is 5.62. The molecule has 1 unspecified atom stereocenters. The first kappa shape index (κ1) is 11.9. The number of nitrogens with zero attached hydrogens (tertiary/aromatic N) is 1. The van der Waals surface area contributed by atoms with Gasteiger partial charge in [-0.15, -0.1) is 0 Å². The molecule has 84 valence electrons. The Balaban J connectivity index is 1.92. The SMILES string of the molecule is COCCOCCN1CCC(CN)C1. The average molecular weight is 202 g/mol. The zero-order chi connectivity index (χ0) is 10.2. The van der Waals surface area contributed by atoms with Gasteiger partial charge in [0.2, 0.25) is 0 Å². The van der Waals surface area contributed by atoms with E-state index in [1.807, 2.05) is 0 Å². The fourth-order valence-electron chi connectivity index (χ4n) is 1.75. The smallest absolute Gasteiger partial charge is 0.0700 e. The number of likely N-dealkylation sites (tertiary alicyclic amines) is 1. The summed E-state index contributed by atoms with van der Waals surface area (Å²) in [5.74, 6) is 0.703. The Hall–Kier alpha value is -0.160. The van der Waals surface area contributed by atoms with Crippen LogP contribution in [0, 0.1) is 5.92 Å². The highest BCUT2D eigenvalue weighted by Crippen LogP contribution is 2.13. The molecule has 0 aliphatic carbocycles. The highest BCUT2D eigenvalue weighted by molar-refractivity contribution is 4.75. The monoisotopic (exact) mass is 202 g/mol. The molecule has 4 heteroatoms. The Bertz CT molecular complexity index is 144. The molecule has 0 bridgehead atoms. The van der Waals surface area contributed by atoms with Crippen molar-refractivity contribution in [2.24, 2.45) is 11.7 Å². The molecular weight excluding hydrogens is 180 g/mol. The predicted molar refractivity (Wildman–Crippen MR) is 56.3 cm³/mol. The molecule has 0 saturated carbocycles. The number of ether oxygens (including phenoxy) is 2. The van der Waals surface area contributed by atoms with E-state index in [1.165, 1.54) is 13.0 Å². The first-order valence-electron chi connectivity index (χ1n) is 5.36. The van der Waals surface area contributed by atoms with Crippen LogP contribution in [0.1, 0.15) is 6.42 Å². The highest BCUT2D eigenvalue weighted by Gasteiger charge is 2.20. The van der Waals surface area contributed by atoms with Crippen LogP contribution in [-0.2, 0) is 9.47 Å².